The molecule has 0 unspecified atom stereocenters. The van der Waals surface area contributed by atoms with Crippen molar-refractivity contribution in [3.63, 3.8) is 0 Å². The van der Waals surface area contributed by atoms with Crippen molar-refractivity contribution < 1.29 is 4.74 Å². The smallest absolute Gasteiger partial charge is 0.124 e. The Morgan fingerprint density at radius 2 is 1.85 bits per heavy atom. The van der Waals surface area contributed by atoms with E-state index in [0.29, 0.717) is 12.6 Å². The summed E-state index contributed by atoms with van der Waals surface area (Å²) in [5.41, 5.74) is 2.24. The lowest BCUT2D eigenvalue weighted by Crippen LogP contribution is -2.22. The molecule has 20 heavy (non-hydrogen) atoms. The number of ether oxygens (including phenoxy) is 1. The summed E-state index contributed by atoms with van der Waals surface area (Å²) >= 11 is 6.07. The Morgan fingerprint density at radius 1 is 1.10 bits per heavy atom. The summed E-state index contributed by atoms with van der Waals surface area (Å²) in [6.07, 6.45) is 0. The number of hydrogen-bond donors (Lipinski definition) is 1. The third-order valence-electron chi connectivity index (χ3n) is 2.96. The van der Waals surface area contributed by atoms with Crippen LogP contribution in [0.5, 0.6) is 5.75 Å². The standard InChI is InChI=1S/C17H20ClNO/c1-13(2)19-11-15-10-16(18)8-9-17(15)20-12-14-6-4-3-5-7-14/h3-10,13,19H,11-12H2,1-2H3. The number of hydrogen-bond acceptors (Lipinski definition) is 2. The SMILES string of the molecule is CC(C)NCc1cc(Cl)ccc1OCc1ccccc1. The normalized spacial score (nSPS) is 10.8. The first-order valence-electron chi connectivity index (χ1n) is 6.83. The predicted octanol–water partition coefficient (Wildman–Crippen LogP) is 4.42. The molecule has 106 valence electrons. The average Bonchev–Trinajstić information content (AvgIpc) is 2.45. The zero-order valence-corrected chi connectivity index (χ0v) is 12.7. The lowest BCUT2D eigenvalue weighted by Gasteiger charge is -2.14. The van der Waals surface area contributed by atoms with Crippen LogP contribution >= 0.6 is 11.6 Å². The Balaban J connectivity index is 2.06. The van der Waals surface area contributed by atoms with Gasteiger partial charge in [-0.2, -0.15) is 0 Å². The van der Waals surface area contributed by atoms with Crippen LogP contribution in [-0.2, 0) is 13.2 Å². The second-order valence-corrected chi connectivity index (χ2v) is 5.50. The molecule has 0 atom stereocenters. The summed E-state index contributed by atoms with van der Waals surface area (Å²) in [4.78, 5) is 0. The van der Waals surface area contributed by atoms with E-state index in [1.807, 2.05) is 36.4 Å². The van der Waals surface area contributed by atoms with Crippen LogP contribution in [0.3, 0.4) is 0 Å². The molecule has 0 bridgehead atoms. The fraction of sp³-hybridized carbons (Fsp3) is 0.294. The van der Waals surface area contributed by atoms with Crippen molar-refractivity contribution >= 4 is 11.6 Å². The molecular formula is C17H20ClNO. The van der Waals surface area contributed by atoms with E-state index < -0.39 is 0 Å². The molecule has 2 rings (SSSR count). The van der Waals surface area contributed by atoms with Gasteiger partial charge in [0.2, 0.25) is 0 Å². The molecule has 0 fully saturated rings. The van der Waals surface area contributed by atoms with Crippen LogP contribution in [0.2, 0.25) is 5.02 Å². The fourth-order valence-electron chi connectivity index (χ4n) is 1.88. The van der Waals surface area contributed by atoms with E-state index in [2.05, 4.69) is 31.3 Å². The Labute approximate surface area is 125 Å². The molecule has 0 amide bonds. The number of nitrogens with one attached hydrogen (secondary N) is 1. The Morgan fingerprint density at radius 3 is 2.55 bits per heavy atom. The second-order valence-electron chi connectivity index (χ2n) is 5.06. The first-order valence-corrected chi connectivity index (χ1v) is 7.21. The fourth-order valence-corrected chi connectivity index (χ4v) is 2.07. The molecule has 0 radical (unpaired) electrons. The molecule has 0 aliphatic rings. The van der Waals surface area contributed by atoms with Gasteiger partial charge in [0.25, 0.3) is 0 Å². The molecule has 2 aromatic rings. The van der Waals surface area contributed by atoms with Crippen LogP contribution in [0.15, 0.2) is 48.5 Å². The van der Waals surface area contributed by atoms with Gasteiger partial charge in [-0.05, 0) is 23.8 Å². The Kier molecular flexibility index (Phi) is 5.45. The highest BCUT2D eigenvalue weighted by molar-refractivity contribution is 6.30. The second kappa shape index (κ2) is 7.32. The van der Waals surface area contributed by atoms with Crippen LogP contribution in [0.1, 0.15) is 25.0 Å². The first-order chi connectivity index (χ1) is 9.65. The van der Waals surface area contributed by atoms with Crippen LogP contribution in [-0.4, -0.2) is 6.04 Å². The Hall–Kier alpha value is -1.51. The van der Waals surface area contributed by atoms with E-state index in [9.17, 15) is 0 Å². The predicted molar refractivity (Wildman–Crippen MR) is 84.2 cm³/mol. The van der Waals surface area contributed by atoms with Crippen LogP contribution in [0.4, 0.5) is 0 Å². The van der Waals surface area contributed by atoms with E-state index in [4.69, 9.17) is 16.3 Å². The van der Waals surface area contributed by atoms with Crippen LogP contribution < -0.4 is 10.1 Å². The molecule has 0 aliphatic carbocycles. The molecule has 0 aromatic heterocycles. The van der Waals surface area contributed by atoms with Crippen molar-refractivity contribution in [2.45, 2.75) is 33.0 Å². The minimum absolute atomic E-state index is 0.427. The highest BCUT2D eigenvalue weighted by Crippen LogP contribution is 2.24. The molecule has 3 heteroatoms. The molecule has 0 spiro atoms. The molecular weight excluding hydrogens is 270 g/mol. The summed E-state index contributed by atoms with van der Waals surface area (Å²) in [5.74, 6) is 0.881. The monoisotopic (exact) mass is 289 g/mol. The quantitative estimate of drug-likeness (QED) is 0.850. The molecule has 0 aliphatic heterocycles. The maximum atomic E-state index is 6.07. The molecule has 0 saturated heterocycles. The molecule has 2 nitrogen and oxygen atoms in total. The van der Waals surface area contributed by atoms with E-state index in [1.165, 1.54) is 0 Å². The zero-order chi connectivity index (χ0) is 14.4. The van der Waals surface area contributed by atoms with Crippen LogP contribution in [0, 0.1) is 0 Å². The summed E-state index contributed by atoms with van der Waals surface area (Å²) in [7, 11) is 0. The Bertz CT molecular complexity index is 540. The van der Waals surface area contributed by atoms with Crippen LogP contribution in [0.25, 0.3) is 0 Å². The summed E-state index contributed by atoms with van der Waals surface area (Å²) in [5, 5.41) is 4.12. The lowest BCUT2D eigenvalue weighted by atomic mass is 10.2. The van der Waals surface area contributed by atoms with Gasteiger partial charge in [0.15, 0.2) is 0 Å². The molecule has 2 aromatic carbocycles. The lowest BCUT2D eigenvalue weighted by molar-refractivity contribution is 0.302. The van der Waals surface area contributed by atoms with Crippen molar-refractivity contribution in [3.05, 3.63) is 64.7 Å². The van der Waals surface area contributed by atoms with Gasteiger partial charge in [-0.3, -0.25) is 0 Å². The largest absolute Gasteiger partial charge is 0.489 e. The van der Waals surface area contributed by atoms with Gasteiger partial charge >= 0.3 is 0 Å². The van der Waals surface area contributed by atoms with Gasteiger partial charge in [0.05, 0.1) is 0 Å². The van der Waals surface area contributed by atoms with E-state index in [0.717, 1.165) is 28.4 Å². The average molecular weight is 290 g/mol. The number of rotatable bonds is 6. The summed E-state index contributed by atoms with van der Waals surface area (Å²) in [6.45, 7) is 5.56. The third kappa shape index (κ3) is 4.55. The number of halogens is 1. The van der Waals surface area contributed by atoms with E-state index in [1.54, 1.807) is 0 Å². The molecule has 0 saturated carbocycles. The number of benzene rings is 2. The molecule has 1 N–H and O–H groups in total. The van der Waals surface area contributed by atoms with E-state index in [-0.39, 0.29) is 0 Å². The third-order valence-corrected chi connectivity index (χ3v) is 3.20. The first kappa shape index (κ1) is 14.9. The minimum atomic E-state index is 0.427. The van der Waals surface area contributed by atoms with Gasteiger partial charge in [0.1, 0.15) is 12.4 Å². The minimum Gasteiger partial charge on any atom is -0.489 e. The summed E-state index contributed by atoms with van der Waals surface area (Å²) < 4.78 is 5.91. The zero-order valence-electron chi connectivity index (χ0n) is 11.9. The van der Waals surface area contributed by atoms with Crippen molar-refractivity contribution in [2.75, 3.05) is 0 Å². The highest BCUT2D eigenvalue weighted by Gasteiger charge is 2.06. The van der Waals surface area contributed by atoms with E-state index >= 15 is 0 Å². The highest BCUT2D eigenvalue weighted by atomic mass is 35.5. The maximum Gasteiger partial charge on any atom is 0.124 e. The van der Waals surface area contributed by atoms with Crippen molar-refractivity contribution in [1.82, 2.24) is 5.32 Å². The van der Waals surface area contributed by atoms with Crippen molar-refractivity contribution in [1.29, 1.82) is 0 Å². The van der Waals surface area contributed by atoms with Gasteiger partial charge in [-0.1, -0.05) is 55.8 Å². The molecule has 0 heterocycles. The van der Waals surface area contributed by atoms with Crippen molar-refractivity contribution in [3.8, 4) is 5.75 Å². The van der Waals surface area contributed by atoms with Crippen molar-refractivity contribution in [2.24, 2.45) is 0 Å². The van der Waals surface area contributed by atoms with Gasteiger partial charge in [-0.15, -0.1) is 0 Å². The van der Waals surface area contributed by atoms with Gasteiger partial charge < -0.3 is 10.1 Å². The van der Waals surface area contributed by atoms with Gasteiger partial charge in [0, 0.05) is 23.2 Å². The van der Waals surface area contributed by atoms with Gasteiger partial charge in [-0.25, -0.2) is 0 Å². The summed E-state index contributed by atoms with van der Waals surface area (Å²) in [6, 6.07) is 16.3. The maximum absolute atomic E-state index is 6.07. The topological polar surface area (TPSA) is 21.3 Å².